The number of benzene rings is 2. The quantitative estimate of drug-likeness (QED) is 0.642. The number of carbonyl (C=O) groups is 2. The average Bonchev–Trinajstić information content (AvgIpc) is 2.97. The summed E-state index contributed by atoms with van der Waals surface area (Å²) in [4.78, 5) is 29.3. The van der Waals surface area contributed by atoms with Gasteiger partial charge in [-0.25, -0.2) is 0 Å². The monoisotopic (exact) mass is 409 g/mol. The van der Waals surface area contributed by atoms with Crippen LogP contribution in [0.4, 0.5) is 11.4 Å². The summed E-state index contributed by atoms with van der Waals surface area (Å²) in [5, 5.41) is 3.16. The summed E-state index contributed by atoms with van der Waals surface area (Å²) < 4.78 is 10.6. The molecule has 0 radical (unpaired) electrons. The van der Waals surface area contributed by atoms with E-state index in [0.29, 0.717) is 23.5 Å². The number of ether oxygens (including phenoxy) is 2. The summed E-state index contributed by atoms with van der Waals surface area (Å²) in [6, 6.07) is 14.8. The highest BCUT2D eigenvalue weighted by Crippen LogP contribution is 2.31. The van der Waals surface area contributed by atoms with Gasteiger partial charge in [-0.05, 0) is 48.9 Å². The summed E-state index contributed by atoms with van der Waals surface area (Å²) in [6.07, 6.45) is 0. The van der Waals surface area contributed by atoms with Crippen LogP contribution in [-0.2, 0) is 14.3 Å². The molecule has 1 aliphatic rings. The van der Waals surface area contributed by atoms with E-state index in [2.05, 4.69) is 5.32 Å². The van der Waals surface area contributed by atoms with E-state index >= 15 is 0 Å². The smallest absolute Gasteiger partial charge is 0.278 e. The Balaban J connectivity index is 1.97. The number of nitrogens with one attached hydrogen (secondary N) is 1. The molecule has 0 atom stereocenters. The molecular formula is C23H27N3O4. The highest BCUT2D eigenvalue weighted by Gasteiger charge is 2.38. The van der Waals surface area contributed by atoms with Crippen molar-refractivity contribution in [2.75, 3.05) is 51.2 Å². The molecule has 1 N–H and O–H groups in total. The number of hydrogen-bond acceptors (Lipinski definition) is 6. The molecule has 2 amide bonds. The first kappa shape index (κ1) is 21.4. The maximum Gasteiger partial charge on any atom is 0.278 e. The number of anilines is 2. The molecule has 1 aliphatic heterocycles. The molecule has 0 spiro atoms. The van der Waals surface area contributed by atoms with Gasteiger partial charge in [0.15, 0.2) is 0 Å². The minimum Gasteiger partial charge on any atom is -0.494 e. The van der Waals surface area contributed by atoms with Crippen LogP contribution in [-0.4, -0.2) is 57.7 Å². The van der Waals surface area contributed by atoms with E-state index in [4.69, 9.17) is 9.47 Å². The van der Waals surface area contributed by atoms with Crippen LogP contribution in [0.5, 0.6) is 5.75 Å². The van der Waals surface area contributed by atoms with Gasteiger partial charge in [-0.15, -0.1) is 0 Å². The second kappa shape index (κ2) is 9.45. The molecule has 0 aliphatic carbocycles. The first-order valence-electron chi connectivity index (χ1n) is 9.83. The predicted octanol–water partition coefficient (Wildman–Crippen LogP) is 2.99. The molecule has 0 saturated carbocycles. The van der Waals surface area contributed by atoms with E-state index in [1.807, 2.05) is 50.2 Å². The zero-order valence-corrected chi connectivity index (χ0v) is 17.8. The molecule has 0 aromatic heterocycles. The number of amides is 2. The lowest BCUT2D eigenvalue weighted by Crippen LogP contribution is -2.35. The van der Waals surface area contributed by atoms with Crippen molar-refractivity contribution in [1.29, 1.82) is 0 Å². The van der Waals surface area contributed by atoms with Gasteiger partial charge >= 0.3 is 0 Å². The van der Waals surface area contributed by atoms with E-state index < -0.39 is 0 Å². The number of nitrogens with zero attached hydrogens (tertiary/aromatic N) is 2. The molecule has 0 unspecified atom stereocenters. The van der Waals surface area contributed by atoms with Gasteiger partial charge in [0.2, 0.25) is 0 Å². The molecule has 158 valence electrons. The number of methoxy groups -OCH3 is 1. The van der Waals surface area contributed by atoms with Crippen molar-refractivity contribution >= 4 is 28.8 Å². The van der Waals surface area contributed by atoms with E-state index in [1.54, 1.807) is 24.3 Å². The molecule has 3 rings (SSSR count). The Morgan fingerprint density at radius 1 is 0.967 bits per heavy atom. The number of hydrogen-bond donors (Lipinski definition) is 1. The second-order valence-corrected chi connectivity index (χ2v) is 7.03. The summed E-state index contributed by atoms with van der Waals surface area (Å²) in [6.45, 7) is 2.94. The number of imide groups is 1. The standard InChI is InChI=1S/C23H27N3O4/c1-5-30-19-12-6-16(7-13-19)20-21(23(28)26(22(20)27)14-15-29-4)24-17-8-10-18(11-9-17)25(2)3/h6-13,24H,5,14-15H2,1-4H3. The Morgan fingerprint density at radius 2 is 1.63 bits per heavy atom. The maximum absolute atomic E-state index is 13.1. The Morgan fingerprint density at radius 3 is 2.20 bits per heavy atom. The lowest BCUT2D eigenvalue weighted by Gasteiger charge is -2.15. The van der Waals surface area contributed by atoms with Crippen LogP contribution in [0.2, 0.25) is 0 Å². The highest BCUT2D eigenvalue weighted by atomic mass is 16.5. The van der Waals surface area contributed by atoms with Gasteiger partial charge in [0.25, 0.3) is 11.8 Å². The number of rotatable bonds is 9. The SMILES string of the molecule is CCOc1ccc(C2=C(Nc3ccc(N(C)C)cc3)C(=O)N(CCOC)C2=O)cc1. The fraction of sp³-hybridized carbons (Fsp3) is 0.304. The first-order chi connectivity index (χ1) is 14.5. The van der Waals surface area contributed by atoms with Gasteiger partial charge in [-0.1, -0.05) is 12.1 Å². The first-order valence-corrected chi connectivity index (χ1v) is 9.83. The normalized spacial score (nSPS) is 13.8. The Bertz CT molecular complexity index is 934. The Kier molecular flexibility index (Phi) is 6.74. The van der Waals surface area contributed by atoms with Gasteiger partial charge in [-0.2, -0.15) is 0 Å². The molecule has 0 bridgehead atoms. The number of carbonyl (C=O) groups excluding carboxylic acids is 2. The molecule has 7 heteroatoms. The largest absolute Gasteiger partial charge is 0.494 e. The summed E-state index contributed by atoms with van der Waals surface area (Å²) in [5.74, 6) is 0.00915. The van der Waals surface area contributed by atoms with Gasteiger partial charge < -0.3 is 19.7 Å². The van der Waals surface area contributed by atoms with Gasteiger partial charge in [0, 0.05) is 32.6 Å². The summed E-state index contributed by atoms with van der Waals surface area (Å²) in [7, 11) is 5.46. The van der Waals surface area contributed by atoms with Crippen molar-refractivity contribution in [3.05, 3.63) is 59.8 Å². The predicted molar refractivity (Wildman–Crippen MR) is 118 cm³/mol. The highest BCUT2D eigenvalue weighted by molar-refractivity contribution is 6.36. The van der Waals surface area contributed by atoms with E-state index in [0.717, 1.165) is 11.4 Å². The minimum atomic E-state index is -0.363. The third-order valence-corrected chi connectivity index (χ3v) is 4.79. The van der Waals surface area contributed by atoms with Gasteiger partial charge in [-0.3, -0.25) is 14.5 Å². The molecule has 2 aromatic carbocycles. The second-order valence-electron chi connectivity index (χ2n) is 7.03. The van der Waals surface area contributed by atoms with E-state index in [-0.39, 0.29) is 30.7 Å². The van der Waals surface area contributed by atoms with Crippen molar-refractivity contribution in [3.8, 4) is 5.75 Å². The molecule has 0 fully saturated rings. The molecule has 0 saturated heterocycles. The van der Waals surface area contributed by atoms with E-state index in [1.165, 1.54) is 12.0 Å². The lowest BCUT2D eigenvalue weighted by molar-refractivity contribution is -0.137. The van der Waals surface area contributed by atoms with Gasteiger partial charge in [0.05, 0.1) is 25.3 Å². The third-order valence-electron chi connectivity index (χ3n) is 4.79. The van der Waals surface area contributed by atoms with Crippen LogP contribution in [0.1, 0.15) is 12.5 Å². The average molecular weight is 409 g/mol. The summed E-state index contributed by atoms with van der Waals surface area (Å²) in [5.41, 5.74) is 3.03. The Hall–Kier alpha value is -3.32. The van der Waals surface area contributed by atoms with Crippen LogP contribution < -0.4 is 15.0 Å². The maximum atomic E-state index is 13.1. The van der Waals surface area contributed by atoms with Crippen molar-refractivity contribution in [3.63, 3.8) is 0 Å². The molecular weight excluding hydrogens is 382 g/mol. The minimum absolute atomic E-state index is 0.194. The van der Waals surface area contributed by atoms with Crippen molar-refractivity contribution < 1.29 is 19.1 Å². The molecule has 2 aromatic rings. The lowest BCUT2D eigenvalue weighted by atomic mass is 10.0. The van der Waals surface area contributed by atoms with Crippen LogP contribution in [0, 0.1) is 0 Å². The van der Waals surface area contributed by atoms with Crippen LogP contribution in [0.15, 0.2) is 54.2 Å². The fourth-order valence-corrected chi connectivity index (χ4v) is 3.22. The van der Waals surface area contributed by atoms with Crippen LogP contribution in [0.3, 0.4) is 0 Å². The summed E-state index contributed by atoms with van der Waals surface area (Å²) >= 11 is 0. The van der Waals surface area contributed by atoms with Crippen molar-refractivity contribution in [2.45, 2.75) is 6.92 Å². The molecule has 1 heterocycles. The van der Waals surface area contributed by atoms with Crippen molar-refractivity contribution in [1.82, 2.24) is 4.90 Å². The van der Waals surface area contributed by atoms with Gasteiger partial charge in [0.1, 0.15) is 11.4 Å². The molecule has 30 heavy (non-hydrogen) atoms. The van der Waals surface area contributed by atoms with Crippen LogP contribution >= 0.6 is 0 Å². The zero-order valence-electron chi connectivity index (χ0n) is 17.8. The fourth-order valence-electron chi connectivity index (χ4n) is 3.22. The third kappa shape index (κ3) is 4.46. The van der Waals surface area contributed by atoms with Crippen LogP contribution in [0.25, 0.3) is 5.57 Å². The molecule has 7 nitrogen and oxygen atoms in total. The van der Waals surface area contributed by atoms with E-state index in [9.17, 15) is 9.59 Å². The zero-order chi connectivity index (χ0) is 21.7. The Labute approximate surface area is 176 Å². The topological polar surface area (TPSA) is 71.1 Å². The van der Waals surface area contributed by atoms with Crippen molar-refractivity contribution in [2.24, 2.45) is 0 Å².